The Morgan fingerprint density at radius 3 is 2.67 bits per heavy atom. The molecule has 36 heavy (non-hydrogen) atoms. The summed E-state index contributed by atoms with van der Waals surface area (Å²) in [6, 6.07) is 15.7. The van der Waals surface area contributed by atoms with Crippen molar-refractivity contribution in [3.05, 3.63) is 75.2 Å². The van der Waals surface area contributed by atoms with Crippen LogP contribution in [0.1, 0.15) is 36.9 Å². The first-order chi connectivity index (χ1) is 17.0. The number of carbonyl (C=O) groups excluding carboxylic acids is 1. The summed E-state index contributed by atoms with van der Waals surface area (Å²) in [6.45, 7) is 3.46. The Balaban J connectivity index is 0.00000361. The van der Waals surface area contributed by atoms with Crippen molar-refractivity contribution in [2.45, 2.75) is 44.7 Å². The number of rotatable bonds is 11. The molecule has 0 unspecified atom stereocenters. The van der Waals surface area contributed by atoms with E-state index in [0.717, 1.165) is 49.0 Å². The van der Waals surface area contributed by atoms with Gasteiger partial charge in [0.25, 0.3) is 5.56 Å². The number of fused-ring (bicyclic) bond motifs is 1. The van der Waals surface area contributed by atoms with Gasteiger partial charge < -0.3 is 10.1 Å². The summed E-state index contributed by atoms with van der Waals surface area (Å²) in [4.78, 5) is 27.6. The highest BCUT2D eigenvalue weighted by Crippen LogP contribution is 2.21. The van der Waals surface area contributed by atoms with Gasteiger partial charge in [-0.1, -0.05) is 41.9 Å². The van der Waals surface area contributed by atoms with E-state index in [1.807, 2.05) is 48.5 Å². The zero-order valence-electron chi connectivity index (χ0n) is 20.6. The number of benzene rings is 2. The molecule has 1 fully saturated rings. The number of halogens is 2. The first-order valence-electron chi connectivity index (χ1n) is 12.3. The Morgan fingerprint density at radius 1 is 1.17 bits per heavy atom. The van der Waals surface area contributed by atoms with E-state index in [1.54, 1.807) is 11.8 Å². The molecule has 1 atom stereocenters. The molecule has 1 N–H and O–H groups in total. The Kier molecular flexibility index (Phi) is 10.7. The van der Waals surface area contributed by atoms with Crippen LogP contribution in [0.4, 0.5) is 0 Å². The van der Waals surface area contributed by atoms with E-state index < -0.39 is 0 Å². The molecule has 0 spiro atoms. The topological polar surface area (TPSA) is 76.5 Å². The van der Waals surface area contributed by atoms with Crippen molar-refractivity contribution >= 4 is 40.7 Å². The lowest BCUT2D eigenvalue weighted by Gasteiger charge is -2.25. The number of nitrogens with one attached hydrogen (secondary N) is 1. The zero-order chi connectivity index (χ0) is 24.6. The van der Waals surface area contributed by atoms with Gasteiger partial charge in [0.2, 0.25) is 5.91 Å². The second kappa shape index (κ2) is 13.7. The second-order valence-electron chi connectivity index (χ2n) is 9.06. The normalized spacial score (nSPS) is 15.7. The predicted molar refractivity (Wildman–Crippen MR) is 146 cm³/mol. The first-order valence-corrected chi connectivity index (χ1v) is 12.7. The molecule has 194 valence electrons. The van der Waals surface area contributed by atoms with Gasteiger partial charge in [0.05, 0.1) is 17.6 Å². The molecular formula is C27H34Cl2N4O3. The summed E-state index contributed by atoms with van der Waals surface area (Å²) < 4.78 is 6.64. The van der Waals surface area contributed by atoms with Crippen molar-refractivity contribution in [1.29, 1.82) is 0 Å². The van der Waals surface area contributed by atoms with Crippen LogP contribution in [-0.2, 0) is 22.5 Å². The average Bonchev–Trinajstić information content (AvgIpc) is 3.30. The molecule has 1 amide bonds. The minimum Gasteiger partial charge on any atom is -0.385 e. The molecule has 2 aromatic carbocycles. The summed E-state index contributed by atoms with van der Waals surface area (Å²) in [5, 5.41) is 10.1. The third kappa shape index (κ3) is 7.29. The van der Waals surface area contributed by atoms with Crippen LogP contribution in [0.15, 0.2) is 53.3 Å². The van der Waals surface area contributed by atoms with Crippen molar-refractivity contribution < 1.29 is 9.53 Å². The average molecular weight is 534 g/mol. The van der Waals surface area contributed by atoms with E-state index >= 15 is 0 Å². The SMILES string of the molecule is COCCCC(=O)NCCN1CCC[C@@H]1Cn1nc(Cc2ccc(Cl)cc2)c2ccccc2c1=O.Cl. The number of hydrogen-bond donors (Lipinski definition) is 1. The van der Waals surface area contributed by atoms with Crippen molar-refractivity contribution in [3.8, 4) is 0 Å². The van der Waals surface area contributed by atoms with Gasteiger partial charge in [-0.15, -0.1) is 12.4 Å². The quantitative estimate of drug-likeness (QED) is 0.376. The lowest BCUT2D eigenvalue weighted by Crippen LogP contribution is -2.41. The standard InChI is InChI=1S/C27H33ClN4O3.ClH/c1-35-17-5-9-26(33)29-14-16-31-15-4-6-22(31)19-32-27(34)24-8-3-2-7-23(24)25(30-32)18-20-10-12-21(28)13-11-20;/h2-3,7-8,10-13,22H,4-6,9,14-19H2,1H3,(H,29,33);1H/t22-;/m1./s1. The monoisotopic (exact) mass is 532 g/mol. The number of nitrogens with zero attached hydrogens (tertiary/aromatic N) is 3. The van der Waals surface area contributed by atoms with Gasteiger partial charge in [-0.25, -0.2) is 4.68 Å². The van der Waals surface area contributed by atoms with Crippen LogP contribution in [0, 0.1) is 0 Å². The molecule has 7 nitrogen and oxygen atoms in total. The molecule has 0 bridgehead atoms. The molecule has 0 radical (unpaired) electrons. The maximum Gasteiger partial charge on any atom is 0.274 e. The van der Waals surface area contributed by atoms with E-state index in [0.29, 0.717) is 42.9 Å². The number of ether oxygens (including phenoxy) is 1. The molecule has 0 aliphatic carbocycles. The van der Waals surface area contributed by atoms with Gasteiger partial charge in [0.1, 0.15) is 0 Å². The van der Waals surface area contributed by atoms with Crippen LogP contribution in [0.3, 0.4) is 0 Å². The lowest BCUT2D eigenvalue weighted by atomic mass is 10.0. The molecular weight excluding hydrogens is 499 g/mol. The zero-order valence-corrected chi connectivity index (χ0v) is 22.2. The molecule has 1 aliphatic heterocycles. The molecule has 4 rings (SSSR count). The third-order valence-corrected chi connectivity index (χ3v) is 6.84. The van der Waals surface area contributed by atoms with Crippen LogP contribution in [-0.4, -0.2) is 60.0 Å². The van der Waals surface area contributed by atoms with Crippen LogP contribution in [0.5, 0.6) is 0 Å². The minimum atomic E-state index is -0.0567. The smallest absolute Gasteiger partial charge is 0.274 e. The Bertz CT molecular complexity index is 1200. The fraction of sp³-hybridized carbons (Fsp3) is 0.444. The van der Waals surface area contributed by atoms with Crippen LogP contribution in [0.2, 0.25) is 5.02 Å². The summed E-state index contributed by atoms with van der Waals surface area (Å²) in [7, 11) is 1.64. The minimum absolute atomic E-state index is 0. The van der Waals surface area contributed by atoms with Crippen molar-refractivity contribution in [1.82, 2.24) is 20.0 Å². The van der Waals surface area contributed by atoms with E-state index in [2.05, 4.69) is 10.2 Å². The van der Waals surface area contributed by atoms with Crippen molar-refractivity contribution in [2.75, 3.05) is 33.4 Å². The fourth-order valence-corrected chi connectivity index (χ4v) is 4.88. The maximum absolute atomic E-state index is 13.3. The molecule has 1 aliphatic rings. The molecule has 1 aromatic heterocycles. The third-order valence-electron chi connectivity index (χ3n) is 6.59. The fourth-order valence-electron chi connectivity index (χ4n) is 4.76. The number of likely N-dealkylation sites (tertiary alicyclic amines) is 1. The second-order valence-corrected chi connectivity index (χ2v) is 9.50. The van der Waals surface area contributed by atoms with E-state index in [9.17, 15) is 9.59 Å². The first kappa shape index (κ1) is 28.1. The summed E-state index contributed by atoms with van der Waals surface area (Å²) in [6.07, 6.45) is 3.91. The van der Waals surface area contributed by atoms with E-state index in [1.165, 1.54) is 0 Å². The van der Waals surface area contributed by atoms with E-state index in [-0.39, 0.29) is 29.9 Å². The number of amides is 1. The van der Waals surface area contributed by atoms with Gasteiger partial charge in [-0.05, 0) is 49.6 Å². The molecule has 0 saturated carbocycles. The van der Waals surface area contributed by atoms with Gasteiger partial charge in [0, 0.05) is 56.1 Å². The Labute approximate surface area is 223 Å². The van der Waals surface area contributed by atoms with E-state index in [4.69, 9.17) is 21.4 Å². The Hall–Kier alpha value is -2.45. The largest absolute Gasteiger partial charge is 0.385 e. The van der Waals surface area contributed by atoms with Crippen molar-refractivity contribution in [3.63, 3.8) is 0 Å². The maximum atomic E-state index is 13.3. The van der Waals surface area contributed by atoms with Gasteiger partial charge in [0.15, 0.2) is 0 Å². The van der Waals surface area contributed by atoms with Crippen molar-refractivity contribution in [2.24, 2.45) is 0 Å². The molecule has 9 heteroatoms. The molecule has 3 aromatic rings. The highest BCUT2D eigenvalue weighted by atomic mass is 35.5. The molecule has 2 heterocycles. The highest BCUT2D eigenvalue weighted by molar-refractivity contribution is 6.30. The number of carbonyl (C=O) groups is 1. The lowest BCUT2D eigenvalue weighted by molar-refractivity contribution is -0.121. The van der Waals surface area contributed by atoms with Gasteiger partial charge >= 0.3 is 0 Å². The Morgan fingerprint density at radius 2 is 1.92 bits per heavy atom. The van der Waals surface area contributed by atoms with Crippen LogP contribution < -0.4 is 10.9 Å². The number of methoxy groups -OCH3 is 1. The van der Waals surface area contributed by atoms with Gasteiger partial charge in [-0.3, -0.25) is 14.5 Å². The van der Waals surface area contributed by atoms with Crippen LogP contribution >= 0.6 is 24.0 Å². The number of aromatic nitrogens is 2. The molecule has 1 saturated heterocycles. The van der Waals surface area contributed by atoms with Gasteiger partial charge in [-0.2, -0.15) is 5.10 Å². The predicted octanol–water partition coefficient (Wildman–Crippen LogP) is 4.07. The summed E-state index contributed by atoms with van der Waals surface area (Å²) in [5.41, 5.74) is 1.93. The summed E-state index contributed by atoms with van der Waals surface area (Å²) in [5.74, 6) is 0.0528. The summed E-state index contributed by atoms with van der Waals surface area (Å²) >= 11 is 6.05. The number of hydrogen-bond acceptors (Lipinski definition) is 5. The highest BCUT2D eigenvalue weighted by Gasteiger charge is 2.26. The van der Waals surface area contributed by atoms with Crippen LogP contribution in [0.25, 0.3) is 10.8 Å².